The van der Waals surface area contributed by atoms with Crippen LogP contribution in [-0.4, -0.2) is 19.2 Å². The predicted octanol–water partition coefficient (Wildman–Crippen LogP) is 4.19. The zero-order chi connectivity index (χ0) is 14.6. The van der Waals surface area contributed by atoms with Gasteiger partial charge >= 0.3 is 0 Å². The predicted molar refractivity (Wildman–Crippen MR) is 85.4 cm³/mol. The Hall–Kier alpha value is -1.02. The molecule has 1 atom stereocenters. The van der Waals surface area contributed by atoms with E-state index in [0.717, 1.165) is 18.7 Å². The second-order valence-electron chi connectivity index (χ2n) is 7.39. The van der Waals surface area contributed by atoms with Gasteiger partial charge in [-0.2, -0.15) is 0 Å². The van der Waals surface area contributed by atoms with Gasteiger partial charge in [0.25, 0.3) is 0 Å². The van der Waals surface area contributed by atoms with Crippen molar-refractivity contribution in [2.24, 2.45) is 5.41 Å². The number of hydrogen-bond donors (Lipinski definition) is 1. The molecule has 2 nitrogen and oxygen atoms in total. The van der Waals surface area contributed by atoms with Gasteiger partial charge in [0.2, 0.25) is 0 Å². The third-order valence-electron chi connectivity index (χ3n) is 4.17. The van der Waals surface area contributed by atoms with Gasteiger partial charge < -0.3 is 10.1 Å². The Morgan fingerprint density at radius 3 is 2.55 bits per heavy atom. The minimum Gasteiger partial charge on any atom is -0.496 e. The van der Waals surface area contributed by atoms with Crippen LogP contribution in [-0.2, 0) is 6.42 Å². The van der Waals surface area contributed by atoms with Crippen LogP contribution in [0.15, 0.2) is 24.3 Å². The lowest BCUT2D eigenvalue weighted by molar-refractivity contribution is 0.167. The largest absolute Gasteiger partial charge is 0.496 e. The SMILES string of the molecule is COc1ccccc1CC1(CC(C)(C)C)CCCCN1. The summed E-state index contributed by atoms with van der Waals surface area (Å²) in [6.07, 6.45) is 6.17. The smallest absolute Gasteiger partial charge is 0.122 e. The zero-order valence-corrected chi connectivity index (χ0v) is 13.5. The minimum atomic E-state index is 0.227. The zero-order valence-electron chi connectivity index (χ0n) is 13.5. The normalized spacial score (nSPS) is 23.6. The van der Waals surface area contributed by atoms with Crippen molar-refractivity contribution < 1.29 is 4.74 Å². The molecule has 1 aromatic carbocycles. The first-order valence-electron chi connectivity index (χ1n) is 7.81. The number of methoxy groups -OCH3 is 1. The van der Waals surface area contributed by atoms with Crippen molar-refractivity contribution in [3.63, 3.8) is 0 Å². The van der Waals surface area contributed by atoms with Crippen LogP contribution in [0.5, 0.6) is 5.75 Å². The fourth-order valence-corrected chi connectivity index (χ4v) is 3.62. The second kappa shape index (κ2) is 6.17. The second-order valence-corrected chi connectivity index (χ2v) is 7.39. The van der Waals surface area contributed by atoms with E-state index < -0.39 is 0 Å². The summed E-state index contributed by atoms with van der Waals surface area (Å²) in [6.45, 7) is 8.17. The molecular weight excluding hydrogens is 246 g/mol. The molecule has 0 aliphatic carbocycles. The summed E-state index contributed by atoms with van der Waals surface area (Å²) in [6, 6.07) is 8.45. The number of hydrogen-bond acceptors (Lipinski definition) is 2. The molecule has 1 N–H and O–H groups in total. The van der Waals surface area contributed by atoms with E-state index >= 15 is 0 Å². The molecule has 1 aliphatic rings. The van der Waals surface area contributed by atoms with Crippen LogP contribution in [0.25, 0.3) is 0 Å². The standard InChI is InChI=1S/C18H29NO/c1-17(2,3)14-18(11-7-8-12-19-18)13-15-9-5-6-10-16(15)20-4/h5-6,9-10,19H,7-8,11-14H2,1-4H3. The van der Waals surface area contributed by atoms with E-state index in [9.17, 15) is 0 Å². The lowest BCUT2D eigenvalue weighted by Crippen LogP contribution is -2.52. The van der Waals surface area contributed by atoms with E-state index in [1.54, 1.807) is 7.11 Å². The van der Waals surface area contributed by atoms with E-state index in [2.05, 4.69) is 44.3 Å². The molecule has 0 bridgehead atoms. The fraction of sp³-hybridized carbons (Fsp3) is 0.667. The first-order valence-corrected chi connectivity index (χ1v) is 7.81. The lowest BCUT2D eigenvalue weighted by Gasteiger charge is -2.43. The van der Waals surface area contributed by atoms with Gasteiger partial charge in [-0.15, -0.1) is 0 Å². The maximum atomic E-state index is 5.53. The summed E-state index contributed by atoms with van der Waals surface area (Å²) >= 11 is 0. The summed E-state index contributed by atoms with van der Waals surface area (Å²) in [4.78, 5) is 0. The van der Waals surface area contributed by atoms with E-state index in [0.29, 0.717) is 5.41 Å². The van der Waals surface area contributed by atoms with Crippen LogP contribution in [0.2, 0.25) is 0 Å². The lowest BCUT2D eigenvalue weighted by atomic mass is 9.72. The Morgan fingerprint density at radius 1 is 1.20 bits per heavy atom. The third-order valence-corrected chi connectivity index (χ3v) is 4.17. The van der Waals surface area contributed by atoms with Crippen LogP contribution in [0.4, 0.5) is 0 Å². The number of ether oxygens (including phenoxy) is 1. The highest BCUT2D eigenvalue weighted by Gasteiger charge is 2.36. The first-order chi connectivity index (χ1) is 9.44. The Balaban J connectivity index is 2.23. The highest BCUT2D eigenvalue weighted by Crippen LogP contribution is 2.37. The number of piperidine rings is 1. The van der Waals surface area contributed by atoms with Gasteiger partial charge in [-0.25, -0.2) is 0 Å². The van der Waals surface area contributed by atoms with Crippen molar-refractivity contribution in [3.05, 3.63) is 29.8 Å². The number of para-hydroxylation sites is 1. The summed E-state index contributed by atoms with van der Waals surface area (Å²) in [5.41, 5.74) is 1.89. The molecule has 1 unspecified atom stereocenters. The molecule has 0 saturated carbocycles. The van der Waals surface area contributed by atoms with Crippen LogP contribution >= 0.6 is 0 Å². The Morgan fingerprint density at radius 2 is 1.95 bits per heavy atom. The van der Waals surface area contributed by atoms with Gasteiger partial charge in [0.05, 0.1) is 7.11 Å². The molecule has 1 heterocycles. The molecule has 1 aliphatic heterocycles. The van der Waals surface area contributed by atoms with Crippen LogP contribution in [0, 0.1) is 5.41 Å². The summed E-state index contributed by atoms with van der Waals surface area (Å²) < 4.78 is 5.53. The minimum absolute atomic E-state index is 0.227. The Labute approximate surface area is 123 Å². The molecule has 1 aromatic rings. The van der Waals surface area contributed by atoms with E-state index in [-0.39, 0.29) is 5.54 Å². The first kappa shape index (κ1) is 15.4. The van der Waals surface area contributed by atoms with E-state index in [1.807, 2.05) is 6.07 Å². The van der Waals surface area contributed by atoms with Crippen molar-refractivity contribution >= 4 is 0 Å². The maximum Gasteiger partial charge on any atom is 0.122 e. The summed E-state index contributed by atoms with van der Waals surface area (Å²) in [7, 11) is 1.77. The molecule has 1 saturated heterocycles. The Bertz CT molecular complexity index is 427. The fourth-order valence-electron chi connectivity index (χ4n) is 3.62. The van der Waals surface area contributed by atoms with Gasteiger partial charge in [-0.1, -0.05) is 45.4 Å². The topological polar surface area (TPSA) is 21.3 Å². The summed E-state index contributed by atoms with van der Waals surface area (Å²) in [5.74, 6) is 1.02. The van der Waals surface area contributed by atoms with Crippen LogP contribution in [0.1, 0.15) is 52.0 Å². The average Bonchev–Trinajstić information content (AvgIpc) is 2.38. The molecule has 0 spiro atoms. The van der Waals surface area contributed by atoms with Crippen LogP contribution in [0.3, 0.4) is 0 Å². The average molecular weight is 275 g/mol. The molecule has 0 radical (unpaired) electrons. The van der Waals surface area contributed by atoms with Gasteiger partial charge in [0.1, 0.15) is 5.75 Å². The van der Waals surface area contributed by atoms with Gasteiger partial charge in [-0.3, -0.25) is 0 Å². The molecular formula is C18H29NO. The van der Waals surface area contributed by atoms with Crippen molar-refractivity contribution in [2.45, 2.75) is 58.4 Å². The molecule has 1 fully saturated rings. The molecule has 0 aromatic heterocycles. The van der Waals surface area contributed by atoms with Gasteiger partial charge in [0.15, 0.2) is 0 Å². The molecule has 2 heteroatoms. The Kier molecular flexibility index (Phi) is 4.74. The molecule has 0 amide bonds. The van der Waals surface area contributed by atoms with Crippen molar-refractivity contribution in [2.75, 3.05) is 13.7 Å². The van der Waals surface area contributed by atoms with Gasteiger partial charge in [0, 0.05) is 5.54 Å². The van der Waals surface area contributed by atoms with Crippen molar-refractivity contribution in [1.82, 2.24) is 5.32 Å². The van der Waals surface area contributed by atoms with Gasteiger partial charge in [-0.05, 0) is 49.3 Å². The van der Waals surface area contributed by atoms with E-state index in [4.69, 9.17) is 4.74 Å². The van der Waals surface area contributed by atoms with Crippen LogP contribution < -0.4 is 10.1 Å². The number of rotatable bonds is 4. The van der Waals surface area contributed by atoms with E-state index in [1.165, 1.54) is 31.2 Å². The molecule has 112 valence electrons. The molecule has 20 heavy (non-hydrogen) atoms. The quantitative estimate of drug-likeness (QED) is 0.889. The maximum absolute atomic E-state index is 5.53. The molecule has 2 rings (SSSR count). The number of benzene rings is 1. The van der Waals surface area contributed by atoms with Crippen molar-refractivity contribution in [1.29, 1.82) is 0 Å². The third kappa shape index (κ3) is 3.99. The number of nitrogens with one attached hydrogen (secondary N) is 1. The highest BCUT2D eigenvalue weighted by molar-refractivity contribution is 5.35. The summed E-state index contributed by atoms with van der Waals surface area (Å²) in [5, 5.41) is 3.83. The highest BCUT2D eigenvalue weighted by atomic mass is 16.5. The van der Waals surface area contributed by atoms with Crippen molar-refractivity contribution in [3.8, 4) is 5.75 Å². The monoisotopic (exact) mass is 275 g/mol.